The Morgan fingerprint density at radius 1 is 1.28 bits per heavy atom. The molecule has 0 radical (unpaired) electrons. The molecule has 9 heteroatoms. The molecule has 3 atom stereocenters. The molecule has 2 heterocycles. The lowest BCUT2D eigenvalue weighted by Gasteiger charge is -2.30. The summed E-state index contributed by atoms with van der Waals surface area (Å²) < 4.78 is 7.08. The van der Waals surface area contributed by atoms with E-state index in [0.717, 1.165) is 0 Å². The van der Waals surface area contributed by atoms with Gasteiger partial charge in [0.05, 0.1) is 18.2 Å². The number of Topliss-reactive ketones (excluding diaryl/α,β-unsaturated/α-hetero) is 2. The van der Waals surface area contributed by atoms with E-state index in [2.05, 4.69) is 10.3 Å². The lowest BCUT2D eigenvalue weighted by Crippen LogP contribution is -2.40. The van der Waals surface area contributed by atoms with Gasteiger partial charge in [0.15, 0.2) is 11.6 Å². The first-order valence-corrected chi connectivity index (χ1v) is 9.64. The van der Waals surface area contributed by atoms with Crippen molar-refractivity contribution < 1.29 is 19.4 Å². The largest absolute Gasteiger partial charge is 0.394 e. The molecule has 3 rings (SSSR count). The normalized spacial score (nSPS) is 26.7. The van der Waals surface area contributed by atoms with Gasteiger partial charge in [0.25, 0.3) is 5.56 Å². The Labute approximate surface area is 167 Å². The Hall–Kier alpha value is -2.52. The third-order valence-electron chi connectivity index (χ3n) is 5.49. The van der Waals surface area contributed by atoms with Crippen LogP contribution in [0.15, 0.2) is 27.1 Å². The minimum atomic E-state index is -0.692. The zero-order valence-electron chi connectivity index (χ0n) is 17.1. The van der Waals surface area contributed by atoms with E-state index in [-0.39, 0.29) is 29.2 Å². The molecule has 1 unspecified atom stereocenters. The predicted molar refractivity (Wildman–Crippen MR) is 104 cm³/mol. The Morgan fingerprint density at radius 2 is 1.90 bits per heavy atom. The first kappa shape index (κ1) is 21.2. The number of H-pyrrole nitrogens is 1. The highest BCUT2D eigenvalue weighted by Gasteiger charge is 2.39. The van der Waals surface area contributed by atoms with Gasteiger partial charge in [-0.3, -0.25) is 23.9 Å². The summed E-state index contributed by atoms with van der Waals surface area (Å²) in [5.41, 5.74) is -0.427. The molecule has 0 bridgehead atoms. The van der Waals surface area contributed by atoms with E-state index < -0.39 is 29.6 Å². The van der Waals surface area contributed by atoms with Crippen LogP contribution in [0.5, 0.6) is 0 Å². The second-order valence-electron chi connectivity index (χ2n) is 8.64. The SMILES string of the molecule is CC(NC1C[C@H](n2cc(C)c(=O)[nH]c2=O)O[C@@H]1CO)=C1C(=O)CC(C)(C)CC1=O. The number of nitrogens with one attached hydrogen (secondary N) is 2. The van der Waals surface area contributed by atoms with Crippen molar-refractivity contribution in [3.05, 3.63) is 43.9 Å². The van der Waals surface area contributed by atoms with Crippen molar-refractivity contribution in [2.24, 2.45) is 5.41 Å². The molecule has 1 saturated heterocycles. The summed E-state index contributed by atoms with van der Waals surface area (Å²) >= 11 is 0. The van der Waals surface area contributed by atoms with Crippen LogP contribution in [0.25, 0.3) is 0 Å². The first-order valence-electron chi connectivity index (χ1n) is 9.64. The minimum absolute atomic E-state index is 0.168. The van der Waals surface area contributed by atoms with E-state index in [0.29, 0.717) is 30.5 Å². The summed E-state index contributed by atoms with van der Waals surface area (Å²) in [5.74, 6) is -0.389. The van der Waals surface area contributed by atoms with Gasteiger partial charge in [-0.25, -0.2) is 4.79 Å². The van der Waals surface area contributed by atoms with Crippen molar-refractivity contribution in [3.8, 4) is 0 Å². The van der Waals surface area contributed by atoms with Crippen molar-refractivity contribution >= 4 is 11.6 Å². The van der Waals surface area contributed by atoms with Gasteiger partial charge in [-0.2, -0.15) is 0 Å². The van der Waals surface area contributed by atoms with Gasteiger partial charge in [0.1, 0.15) is 12.3 Å². The van der Waals surface area contributed by atoms with Crippen LogP contribution in [-0.4, -0.2) is 45.0 Å². The van der Waals surface area contributed by atoms with Gasteiger partial charge in [-0.15, -0.1) is 0 Å². The van der Waals surface area contributed by atoms with Crippen molar-refractivity contribution in [3.63, 3.8) is 0 Å². The molecular weight excluding hydrogens is 378 g/mol. The summed E-state index contributed by atoms with van der Waals surface area (Å²) in [7, 11) is 0. The highest BCUT2D eigenvalue weighted by Crippen LogP contribution is 2.35. The van der Waals surface area contributed by atoms with Crippen LogP contribution >= 0.6 is 0 Å². The molecule has 1 aliphatic heterocycles. The zero-order chi connectivity index (χ0) is 21.5. The van der Waals surface area contributed by atoms with Gasteiger partial charge >= 0.3 is 5.69 Å². The molecule has 0 amide bonds. The van der Waals surface area contributed by atoms with Gasteiger partial charge in [0, 0.05) is 36.7 Å². The van der Waals surface area contributed by atoms with Gasteiger partial charge < -0.3 is 15.2 Å². The van der Waals surface area contributed by atoms with E-state index in [4.69, 9.17) is 4.74 Å². The van der Waals surface area contributed by atoms with Crippen LogP contribution in [0.3, 0.4) is 0 Å². The summed E-state index contributed by atoms with van der Waals surface area (Å²) in [4.78, 5) is 51.0. The molecule has 1 aromatic rings. The first-order chi connectivity index (χ1) is 13.5. The maximum Gasteiger partial charge on any atom is 0.330 e. The molecular formula is C20H27N3O6. The Kier molecular flexibility index (Phi) is 5.64. The van der Waals surface area contributed by atoms with Crippen molar-refractivity contribution in [1.29, 1.82) is 0 Å². The molecule has 1 aliphatic carbocycles. The highest BCUT2D eigenvalue weighted by atomic mass is 16.5. The summed E-state index contributed by atoms with van der Waals surface area (Å²) in [6.45, 7) is 6.73. The predicted octanol–water partition coefficient (Wildman–Crippen LogP) is 0.315. The van der Waals surface area contributed by atoms with Gasteiger partial charge in [-0.1, -0.05) is 13.8 Å². The van der Waals surface area contributed by atoms with Crippen LogP contribution in [0, 0.1) is 12.3 Å². The molecule has 0 aromatic carbocycles. The molecule has 9 nitrogen and oxygen atoms in total. The molecule has 158 valence electrons. The second-order valence-corrected chi connectivity index (χ2v) is 8.64. The summed E-state index contributed by atoms with van der Waals surface area (Å²) in [6, 6.07) is -0.410. The summed E-state index contributed by atoms with van der Waals surface area (Å²) in [5, 5.41) is 12.9. The Balaban J connectivity index is 1.83. The average molecular weight is 405 g/mol. The average Bonchev–Trinajstić information content (AvgIpc) is 2.98. The number of carbonyl (C=O) groups is 2. The second kappa shape index (κ2) is 7.72. The number of ether oxygens (including phenoxy) is 1. The molecule has 2 aliphatic rings. The van der Waals surface area contributed by atoms with Crippen LogP contribution in [0.2, 0.25) is 0 Å². The quantitative estimate of drug-likeness (QED) is 0.486. The van der Waals surface area contributed by atoms with Crippen LogP contribution in [-0.2, 0) is 14.3 Å². The number of aromatic nitrogens is 2. The van der Waals surface area contributed by atoms with Crippen LogP contribution in [0.4, 0.5) is 0 Å². The van der Waals surface area contributed by atoms with Gasteiger partial charge in [0.2, 0.25) is 0 Å². The maximum absolute atomic E-state index is 12.5. The van der Waals surface area contributed by atoms with Crippen molar-refractivity contribution in [2.75, 3.05) is 6.61 Å². The zero-order valence-corrected chi connectivity index (χ0v) is 17.1. The smallest absolute Gasteiger partial charge is 0.330 e. The molecule has 1 aromatic heterocycles. The fourth-order valence-electron chi connectivity index (χ4n) is 4.06. The van der Waals surface area contributed by atoms with E-state index >= 15 is 0 Å². The maximum atomic E-state index is 12.5. The number of ketones is 2. The number of aliphatic hydroxyl groups excluding tert-OH is 1. The topological polar surface area (TPSA) is 130 Å². The highest BCUT2D eigenvalue weighted by molar-refractivity contribution is 6.22. The lowest BCUT2D eigenvalue weighted by atomic mass is 9.73. The third-order valence-corrected chi connectivity index (χ3v) is 5.49. The Morgan fingerprint density at radius 3 is 2.48 bits per heavy atom. The van der Waals surface area contributed by atoms with E-state index in [1.165, 1.54) is 10.8 Å². The fourth-order valence-corrected chi connectivity index (χ4v) is 4.06. The number of aliphatic hydroxyl groups is 1. The van der Waals surface area contributed by atoms with Gasteiger partial charge in [-0.05, 0) is 19.3 Å². The number of hydrogen-bond donors (Lipinski definition) is 3. The number of rotatable bonds is 4. The van der Waals surface area contributed by atoms with E-state index in [1.807, 2.05) is 13.8 Å². The minimum Gasteiger partial charge on any atom is -0.394 e. The van der Waals surface area contributed by atoms with Crippen molar-refractivity contribution in [2.45, 2.75) is 65.3 Å². The van der Waals surface area contributed by atoms with Crippen molar-refractivity contribution in [1.82, 2.24) is 14.9 Å². The van der Waals surface area contributed by atoms with E-state index in [9.17, 15) is 24.3 Å². The number of hydrogen-bond acceptors (Lipinski definition) is 7. The number of nitrogens with zero attached hydrogens (tertiary/aromatic N) is 1. The third kappa shape index (κ3) is 4.25. The number of aromatic amines is 1. The number of allylic oxidation sites excluding steroid dienone is 2. The summed E-state index contributed by atoms with van der Waals surface area (Å²) in [6.07, 6.45) is 1.00. The molecule has 29 heavy (non-hydrogen) atoms. The standard InChI is InChI=1S/C20H27N3O6/c1-10-8-23(19(28)22-18(10)27)16-5-12(15(9-24)29-16)21-11(2)17-13(25)6-20(3,4)7-14(17)26/h8,12,15-16,21,24H,5-7,9H2,1-4H3,(H,22,27,28)/t12?,15-,16-/m1/s1. The van der Waals surface area contributed by atoms with Crippen LogP contribution < -0.4 is 16.6 Å². The molecule has 2 fully saturated rings. The Bertz CT molecular complexity index is 965. The number of aryl methyl sites for hydroxylation is 1. The number of carbonyl (C=O) groups excluding carboxylic acids is 2. The van der Waals surface area contributed by atoms with E-state index in [1.54, 1.807) is 13.8 Å². The molecule has 3 N–H and O–H groups in total. The monoisotopic (exact) mass is 405 g/mol. The fraction of sp³-hybridized carbons (Fsp3) is 0.600. The lowest BCUT2D eigenvalue weighted by molar-refractivity contribution is -0.127. The molecule has 1 saturated carbocycles. The van der Waals surface area contributed by atoms with Crippen LogP contribution in [0.1, 0.15) is 51.8 Å². The molecule has 0 spiro atoms.